The average Bonchev–Trinajstić information content (AvgIpc) is 3.28. The van der Waals surface area contributed by atoms with Gasteiger partial charge in [-0.15, -0.1) is 11.3 Å². The number of hydrogen-bond acceptors (Lipinski definition) is 7. The summed E-state index contributed by atoms with van der Waals surface area (Å²) in [6, 6.07) is 6.70. The minimum Gasteiger partial charge on any atom is -0.458 e. The molecule has 1 aromatic heterocycles. The summed E-state index contributed by atoms with van der Waals surface area (Å²) in [6.45, 7) is 1.93. The van der Waals surface area contributed by atoms with Gasteiger partial charge in [-0.25, -0.2) is 4.98 Å². The highest BCUT2D eigenvalue weighted by atomic mass is 32.1. The minimum absolute atomic E-state index is 0.140. The van der Waals surface area contributed by atoms with Crippen molar-refractivity contribution in [3.05, 3.63) is 47.6 Å². The van der Waals surface area contributed by atoms with E-state index in [0.717, 1.165) is 42.5 Å². The highest BCUT2D eigenvalue weighted by Crippen LogP contribution is 2.38. The fourth-order valence-electron chi connectivity index (χ4n) is 3.58. The molecular formula is C17H19N5OS. The van der Waals surface area contributed by atoms with Crippen LogP contribution in [0.2, 0.25) is 0 Å². The van der Waals surface area contributed by atoms with Crippen LogP contribution in [-0.4, -0.2) is 35.4 Å². The summed E-state index contributed by atoms with van der Waals surface area (Å²) in [7, 11) is 0. The second kappa shape index (κ2) is 5.77. The van der Waals surface area contributed by atoms with E-state index < -0.39 is 0 Å². The lowest BCUT2D eigenvalue weighted by molar-refractivity contribution is 0.00574. The Kier molecular flexibility index (Phi) is 3.43. The lowest BCUT2D eigenvalue weighted by atomic mass is 10.1. The lowest BCUT2D eigenvalue weighted by Gasteiger charge is -2.41. The molecule has 0 saturated carbocycles. The predicted octanol–water partition coefficient (Wildman–Crippen LogP) is 2.39. The Labute approximate surface area is 144 Å². The van der Waals surface area contributed by atoms with Gasteiger partial charge in [-0.05, 0) is 24.5 Å². The van der Waals surface area contributed by atoms with Crippen LogP contribution in [0.4, 0.5) is 10.8 Å². The summed E-state index contributed by atoms with van der Waals surface area (Å²) >= 11 is 1.65. The Morgan fingerprint density at radius 2 is 2.38 bits per heavy atom. The molecule has 124 valence electrons. The molecule has 7 heteroatoms. The van der Waals surface area contributed by atoms with E-state index in [2.05, 4.69) is 56.1 Å². The topological polar surface area (TPSA) is 52.7 Å². The number of benzene rings is 1. The largest absolute Gasteiger partial charge is 0.458 e. The minimum atomic E-state index is -0.140. The third-order valence-electron chi connectivity index (χ3n) is 4.72. The van der Waals surface area contributed by atoms with Gasteiger partial charge in [-0.1, -0.05) is 18.2 Å². The summed E-state index contributed by atoms with van der Waals surface area (Å²) in [4.78, 5) is 6.65. The van der Waals surface area contributed by atoms with Gasteiger partial charge in [0.25, 0.3) is 0 Å². The summed E-state index contributed by atoms with van der Waals surface area (Å²) < 4.78 is 6.24. The van der Waals surface area contributed by atoms with Crippen LogP contribution >= 0.6 is 11.3 Å². The van der Waals surface area contributed by atoms with Crippen molar-refractivity contribution in [1.29, 1.82) is 0 Å². The van der Waals surface area contributed by atoms with Gasteiger partial charge in [-0.2, -0.15) is 5.43 Å². The summed E-state index contributed by atoms with van der Waals surface area (Å²) in [5.74, 6) is 0.955. The number of para-hydroxylation sites is 1. The molecule has 1 fully saturated rings. The first kappa shape index (κ1) is 14.3. The van der Waals surface area contributed by atoms with Crippen molar-refractivity contribution < 1.29 is 4.74 Å². The number of anilines is 2. The maximum atomic E-state index is 6.24. The first-order chi connectivity index (χ1) is 11.9. The standard InChI is InChI=1S/C17H19N5OS/c1-3-12-4-2-8-22-15(12)14(5-1)23-17(20-22)21-9-6-13(11-21)19-16-18-7-10-24-16/h1-3,5,7-8,10,13,17,20H,4,6,9,11H2,(H,18,19). The van der Waals surface area contributed by atoms with Gasteiger partial charge in [0.15, 0.2) is 5.13 Å². The Bertz CT molecular complexity index is 762. The third-order valence-corrected chi connectivity index (χ3v) is 5.42. The SMILES string of the molecule is C1=CN2NC(N3CCC(Nc4nccs4)C3)Oc3cccc(c32)C1. The highest BCUT2D eigenvalue weighted by Gasteiger charge is 2.35. The number of nitrogens with zero attached hydrogens (tertiary/aromatic N) is 3. The number of likely N-dealkylation sites (tertiary alicyclic amines) is 1. The van der Waals surface area contributed by atoms with Crippen LogP contribution in [0.15, 0.2) is 42.1 Å². The number of ether oxygens (including phenoxy) is 1. The molecule has 2 unspecified atom stereocenters. The molecule has 24 heavy (non-hydrogen) atoms. The van der Waals surface area contributed by atoms with Gasteiger partial charge in [-0.3, -0.25) is 9.91 Å². The first-order valence-corrected chi connectivity index (χ1v) is 9.15. The molecule has 1 aromatic carbocycles. The van der Waals surface area contributed by atoms with Gasteiger partial charge >= 0.3 is 0 Å². The van der Waals surface area contributed by atoms with Crippen molar-refractivity contribution in [3.63, 3.8) is 0 Å². The van der Waals surface area contributed by atoms with Crippen LogP contribution < -0.4 is 20.5 Å². The van der Waals surface area contributed by atoms with Gasteiger partial charge in [0.1, 0.15) is 11.4 Å². The van der Waals surface area contributed by atoms with Crippen LogP contribution in [0.5, 0.6) is 5.75 Å². The maximum absolute atomic E-state index is 6.24. The molecule has 3 aliphatic heterocycles. The molecule has 1 saturated heterocycles. The van der Waals surface area contributed by atoms with Crippen molar-refractivity contribution in [2.75, 3.05) is 23.4 Å². The number of hydrazine groups is 1. The van der Waals surface area contributed by atoms with Crippen LogP contribution in [0.25, 0.3) is 0 Å². The Hall–Kier alpha value is -2.09. The third kappa shape index (κ3) is 2.45. The molecule has 6 nitrogen and oxygen atoms in total. The Balaban J connectivity index is 1.31. The van der Waals surface area contributed by atoms with Crippen molar-refractivity contribution in [2.24, 2.45) is 0 Å². The van der Waals surface area contributed by atoms with Crippen LogP contribution in [0.1, 0.15) is 12.0 Å². The highest BCUT2D eigenvalue weighted by molar-refractivity contribution is 7.13. The van der Waals surface area contributed by atoms with Crippen LogP contribution in [0.3, 0.4) is 0 Å². The lowest BCUT2D eigenvalue weighted by Crippen LogP contribution is -2.57. The van der Waals surface area contributed by atoms with E-state index in [1.165, 1.54) is 5.56 Å². The van der Waals surface area contributed by atoms with E-state index in [1.54, 1.807) is 11.3 Å². The van der Waals surface area contributed by atoms with Crippen molar-refractivity contribution in [1.82, 2.24) is 15.3 Å². The Morgan fingerprint density at radius 1 is 1.38 bits per heavy atom. The van der Waals surface area contributed by atoms with Crippen molar-refractivity contribution in [3.8, 4) is 5.75 Å². The average molecular weight is 341 g/mol. The van der Waals surface area contributed by atoms with Crippen LogP contribution in [-0.2, 0) is 6.42 Å². The molecule has 5 rings (SSSR count). The molecule has 2 N–H and O–H groups in total. The summed E-state index contributed by atoms with van der Waals surface area (Å²) in [6.07, 6.45) is 8.02. The Morgan fingerprint density at radius 3 is 3.29 bits per heavy atom. The fourth-order valence-corrected chi connectivity index (χ4v) is 4.18. The summed E-state index contributed by atoms with van der Waals surface area (Å²) in [5.41, 5.74) is 5.93. The van der Waals surface area contributed by atoms with Crippen molar-refractivity contribution in [2.45, 2.75) is 25.2 Å². The first-order valence-electron chi connectivity index (χ1n) is 8.27. The molecule has 0 radical (unpaired) electrons. The number of hydrogen-bond donors (Lipinski definition) is 2. The van der Waals surface area contributed by atoms with E-state index in [9.17, 15) is 0 Å². The molecule has 0 amide bonds. The zero-order chi connectivity index (χ0) is 15.9. The second-order valence-corrected chi connectivity index (χ2v) is 7.18. The number of aromatic nitrogens is 1. The van der Waals surface area contributed by atoms with E-state index in [-0.39, 0.29) is 6.35 Å². The maximum Gasteiger partial charge on any atom is 0.226 e. The normalized spacial score (nSPS) is 25.4. The monoisotopic (exact) mass is 341 g/mol. The predicted molar refractivity (Wildman–Crippen MR) is 95.0 cm³/mol. The number of nitrogens with one attached hydrogen (secondary N) is 2. The summed E-state index contributed by atoms with van der Waals surface area (Å²) in [5, 5.41) is 8.60. The molecule has 0 aliphatic carbocycles. The molecule has 2 aromatic rings. The second-order valence-electron chi connectivity index (χ2n) is 6.28. The zero-order valence-electron chi connectivity index (χ0n) is 13.2. The van der Waals surface area contributed by atoms with Gasteiger partial charge < -0.3 is 10.1 Å². The van der Waals surface area contributed by atoms with Gasteiger partial charge in [0.2, 0.25) is 6.35 Å². The fraction of sp³-hybridized carbons (Fsp3) is 0.353. The number of allylic oxidation sites excluding steroid dienone is 1. The molecule has 3 aliphatic rings. The van der Waals surface area contributed by atoms with E-state index in [0.29, 0.717) is 6.04 Å². The molecule has 0 spiro atoms. The zero-order valence-corrected chi connectivity index (χ0v) is 14.0. The molecule has 2 atom stereocenters. The van der Waals surface area contributed by atoms with E-state index in [1.807, 2.05) is 11.6 Å². The smallest absolute Gasteiger partial charge is 0.226 e. The molecule has 0 bridgehead atoms. The number of thiazole rings is 1. The van der Waals surface area contributed by atoms with E-state index in [4.69, 9.17) is 4.74 Å². The molecular weight excluding hydrogens is 322 g/mol. The van der Waals surface area contributed by atoms with Crippen molar-refractivity contribution >= 4 is 22.2 Å². The van der Waals surface area contributed by atoms with Gasteiger partial charge in [0.05, 0.1) is 0 Å². The molecule has 4 heterocycles. The van der Waals surface area contributed by atoms with E-state index >= 15 is 0 Å². The van der Waals surface area contributed by atoms with Gasteiger partial charge in [0, 0.05) is 36.9 Å². The quantitative estimate of drug-likeness (QED) is 0.894. The van der Waals surface area contributed by atoms with Crippen LogP contribution in [0, 0.1) is 0 Å². The number of rotatable bonds is 3.